The molecule has 1 atom stereocenters. The zero-order valence-corrected chi connectivity index (χ0v) is 16.6. The van der Waals surface area contributed by atoms with Gasteiger partial charge in [0.05, 0.1) is 23.7 Å². The molecule has 6 nitrogen and oxygen atoms in total. The van der Waals surface area contributed by atoms with Gasteiger partial charge in [0.25, 0.3) is 0 Å². The summed E-state index contributed by atoms with van der Waals surface area (Å²) in [7, 11) is 0. The SMILES string of the molecule is CC(C)C1COCc2nc3c(N)nc4cc(OCc5ccccc5)ccc4c3n21. The van der Waals surface area contributed by atoms with Gasteiger partial charge in [0.15, 0.2) is 5.82 Å². The standard InChI is InChI=1S/C23H24N4O2/c1-14(2)19-12-28-13-20-26-21-22(27(19)20)17-9-8-16(10-18(17)25-23(21)24)29-11-15-6-4-3-5-7-15/h3-10,14,19H,11-13H2,1-2H3,(H2,24,25). The fourth-order valence-corrected chi connectivity index (χ4v) is 4.03. The van der Waals surface area contributed by atoms with Crippen LogP contribution >= 0.6 is 0 Å². The number of nitrogens with two attached hydrogens (primary N) is 1. The minimum Gasteiger partial charge on any atom is -0.489 e. The largest absolute Gasteiger partial charge is 0.489 e. The first-order valence-electron chi connectivity index (χ1n) is 9.96. The molecule has 148 valence electrons. The van der Waals surface area contributed by atoms with Crippen molar-refractivity contribution in [2.45, 2.75) is 33.1 Å². The first-order chi connectivity index (χ1) is 14.1. The van der Waals surface area contributed by atoms with Crippen molar-refractivity contribution in [1.82, 2.24) is 14.5 Å². The molecule has 0 saturated heterocycles. The van der Waals surface area contributed by atoms with E-state index in [1.54, 1.807) is 0 Å². The van der Waals surface area contributed by atoms with Gasteiger partial charge in [0, 0.05) is 11.5 Å². The molecule has 2 aromatic carbocycles. The maximum absolute atomic E-state index is 6.30. The van der Waals surface area contributed by atoms with Crippen molar-refractivity contribution in [2.24, 2.45) is 5.92 Å². The topological polar surface area (TPSA) is 75.2 Å². The Morgan fingerprint density at radius 1 is 1.17 bits per heavy atom. The highest BCUT2D eigenvalue weighted by Gasteiger charge is 2.28. The average molecular weight is 388 g/mol. The first-order valence-corrected chi connectivity index (χ1v) is 9.96. The van der Waals surface area contributed by atoms with E-state index in [-0.39, 0.29) is 6.04 Å². The highest BCUT2D eigenvalue weighted by molar-refractivity contribution is 6.07. The second kappa shape index (κ2) is 7.04. The number of benzene rings is 2. The molecule has 0 saturated carbocycles. The fourth-order valence-electron chi connectivity index (χ4n) is 4.03. The third-order valence-corrected chi connectivity index (χ3v) is 5.56. The molecule has 5 rings (SSSR count). The van der Waals surface area contributed by atoms with Gasteiger partial charge in [-0.2, -0.15) is 0 Å². The molecule has 3 heterocycles. The highest BCUT2D eigenvalue weighted by atomic mass is 16.5. The number of pyridine rings is 1. The summed E-state index contributed by atoms with van der Waals surface area (Å²) in [5.41, 5.74) is 10.0. The Labute approximate surface area is 169 Å². The van der Waals surface area contributed by atoms with Crippen LogP contribution in [0.1, 0.15) is 31.3 Å². The molecule has 0 aliphatic carbocycles. The Hall–Kier alpha value is -3.12. The molecule has 0 amide bonds. The first kappa shape index (κ1) is 17.9. The lowest BCUT2D eigenvalue weighted by Crippen LogP contribution is -2.27. The summed E-state index contributed by atoms with van der Waals surface area (Å²) in [4.78, 5) is 9.37. The number of anilines is 1. The summed E-state index contributed by atoms with van der Waals surface area (Å²) in [5, 5.41) is 1.03. The number of ether oxygens (including phenoxy) is 2. The van der Waals surface area contributed by atoms with Crippen molar-refractivity contribution < 1.29 is 9.47 Å². The number of hydrogen-bond acceptors (Lipinski definition) is 5. The van der Waals surface area contributed by atoms with Crippen molar-refractivity contribution in [3.8, 4) is 5.75 Å². The van der Waals surface area contributed by atoms with E-state index >= 15 is 0 Å². The number of rotatable bonds is 4. The van der Waals surface area contributed by atoms with Crippen LogP contribution in [-0.4, -0.2) is 21.1 Å². The predicted octanol–water partition coefficient (Wildman–Crippen LogP) is 4.47. The Balaban J connectivity index is 1.60. The second-order valence-electron chi connectivity index (χ2n) is 7.87. The summed E-state index contributed by atoms with van der Waals surface area (Å²) in [6.07, 6.45) is 0. The van der Waals surface area contributed by atoms with Crippen LogP contribution in [0.15, 0.2) is 48.5 Å². The third kappa shape index (κ3) is 3.09. The molecular formula is C23H24N4O2. The number of fused-ring (bicyclic) bond motifs is 5. The molecule has 1 aliphatic heterocycles. The van der Waals surface area contributed by atoms with Crippen LogP contribution < -0.4 is 10.5 Å². The molecule has 0 spiro atoms. The summed E-state index contributed by atoms with van der Waals surface area (Å²) in [5.74, 6) is 2.55. The number of hydrogen-bond donors (Lipinski definition) is 1. The molecule has 1 aliphatic rings. The molecule has 6 heteroatoms. The van der Waals surface area contributed by atoms with Crippen molar-refractivity contribution in [1.29, 1.82) is 0 Å². The van der Waals surface area contributed by atoms with Gasteiger partial charge in [-0.25, -0.2) is 9.97 Å². The average Bonchev–Trinajstić information content (AvgIpc) is 3.13. The smallest absolute Gasteiger partial charge is 0.152 e. The number of imidazole rings is 1. The maximum atomic E-state index is 6.30. The molecule has 0 radical (unpaired) electrons. The molecule has 2 N–H and O–H groups in total. The molecule has 4 aromatic rings. The molecule has 0 fully saturated rings. The molecular weight excluding hydrogens is 364 g/mol. The van der Waals surface area contributed by atoms with Crippen LogP contribution in [-0.2, 0) is 18.0 Å². The van der Waals surface area contributed by atoms with Crippen molar-refractivity contribution in [3.05, 3.63) is 59.9 Å². The van der Waals surface area contributed by atoms with Crippen LogP contribution in [0.4, 0.5) is 5.82 Å². The van der Waals surface area contributed by atoms with Gasteiger partial charge in [0.2, 0.25) is 0 Å². The summed E-state index contributed by atoms with van der Waals surface area (Å²) in [6, 6.07) is 16.4. The van der Waals surface area contributed by atoms with Crippen LogP contribution in [0, 0.1) is 5.92 Å². The molecule has 2 aromatic heterocycles. The van der Waals surface area contributed by atoms with E-state index in [0.717, 1.165) is 39.1 Å². The van der Waals surface area contributed by atoms with Crippen molar-refractivity contribution in [2.75, 3.05) is 12.3 Å². The second-order valence-corrected chi connectivity index (χ2v) is 7.87. The lowest BCUT2D eigenvalue weighted by atomic mass is 10.0. The Kier molecular flexibility index (Phi) is 4.36. The van der Waals surface area contributed by atoms with Crippen LogP contribution in [0.5, 0.6) is 5.75 Å². The molecule has 29 heavy (non-hydrogen) atoms. The zero-order chi connectivity index (χ0) is 20.0. The predicted molar refractivity (Wildman–Crippen MR) is 114 cm³/mol. The zero-order valence-electron chi connectivity index (χ0n) is 16.6. The summed E-state index contributed by atoms with van der Waals surface area (Å²) in [6.45, 7) is 6.10. The van der Waals surface area contributed by atoms with E-state index in [1.807, 2.05) is 42.5 Å². The van der Waals surface area contributed by atoms with E-state index in [9.17, 15) is 0 Å². The lowest BCUT2D eigenvalue weighted by molar-refractivity contribution is 0.0418. The van der Waals surface area contributed by atoms with E-state index in [0.29, 0.717) is 31.6 Å². The number of nitrogens with zero attached hydrogens (tertiary/aromatic N) is 3. The minimum absolute atomic E-state index is 0.225. The van der Waals surface area contributed by atoms with Gasteiger partial charge in [-0.3, -0.25) is 0 Å². The minimum atomic E-state index is 0.225. The van der Waals surface area contributed by atoms with Gasteiger partial charge in [-0.15, -0.1) is 0 Å². The number of aromatic nitrogens is 3. The van der Waals surface area contributed by atoms with Crippen LogP contribution in [0.25, 0.3) is 21.9 Å². The maximum Gasteiger partial charge on any atom is 0.152 e. The van der Waals surface area contributed by atoms with Crippen molar-refractivity contribution in [3.63, 3.8) is 0 Å². The quantitative estimate of drug-likeness (QED) is 0.558. The van der Waals surface area contributed by atoms with Crippen molar-refractivity contribution >= 4 is 27.8 Å². The van der Waals surface area contributed by atoms with E-state index in [1.165, 1.54) is 0 Å². The van der Waals surface area contributed by atoms with Gasteiger partial charge in [-0.1, -0.05) is 44.2 Å². The van der Waals surface area contributed by atoms with E-state index in [4.69, 9.17) is 20.2 Å². The fraction of sp³-hybridized carbons (Fsp3) is 0.304. The van der Waals surface area contributed by atoms with Gasteiger partial charge < -0.3 is 19.8 Å². The van der Waals surface area contributed by atoms with E-state index < -0.39 is 0 Å². The Morgan fingerprint density at radius 2 is 2.00 bits per heavy atom. The van der Waals surface area contributed by atoms with Gasteiger partial charge in [0.1, 0.15) is 30.3 Å². The third-order valence-electron chi connectivity index (χ3n) is 5.56. The lowest BCUT2D eigenvalue weighted by Gasteiger charge is -2.29. The Bertz CT molecular complexity index is 1180. The summed E-state index contributed by atoms with van der Waals surface area (Å²) < 4.78 is 14.1. The van der Waals surface area contributed by atoms with Gasteiger partial charge in [-0.05, 0) is 23.6 Å². The monoisotopic (exact) mass is 388 g/mol. The Morgan fingerprint density at radius 3 is 2.79 bits per heavy atom. The van der Waals surface area contributed by atoms with Crippen LogP contribution in [0.3, 0.4) is 0 Å². The summed E-state index contributed by atoms with van der Waals surface area (Å²) >= 11 is 0. The van der Waals surface area contributed by atoms with E-state index in [2.05, 4.69) is 29.5 Å². The van der Waals surface area contributed by atoms with Gasteiger partial charge >= 0.3 is 0 Å². The molecule has 1 unspecified atom stereocenters. The highest BCUT2D eigenvalue weighted by Crippen LogP contribution is 2.36. The molecule has 0 bridgehead atoms. The number of nitrogen functional groups attached to an aromatic ring is 1. The van der Waals surface area contributed by atoms with Crippen LogP contribution in [0.2, 0.25) is 0 Å². The normalized spacial score (nSPS) is 16.4.